The van der Waals surface area contributed by atoms with Gasteiger partial charge >= 0.3 is 18.2 Å². The predicted octanol–water partition coefficient (Wildman–Crippen LogP) is 5.28. The molecule has 8 heterocycles. The van der Waals surface area contributed by atoms with Crippen LogP contribution < -0.4 is 10.7 Å². The van der Waals surface area contributed by atoms with E-state index in [4.69, 9.17) is 14.2 Å². The Balaban J connectivity index is 1.08. The number of amides is 5. The number of methoxy groups -OCH3 is 1. The fourth-order valence-electron chi connectivity index (χ4n) is 11.5. The number of carbonyl (C=O) groups is 5. The van der Waals surface area contributed by atoms with E-state index in [2.05, 4.69) is 27.2 Å². The molecule has 0 aliphatic carbocycles. The number of esters is 1. The van der Waals surface area contributed by atoms with Crippen molar-refractivity contribution in [3.8, 4) is 0 Å². The molecule has 5 amide bonds. The number of allylic oxidation sites excluding steroid dienone is 1. The van der Waals surface area contributed by atoms with Crippen molar-refractivity contribution in [1.82, 2.24) is 39.9 Å². The first-order chi connectivity index (χ1) is 34.1. The van der Waals surface area contributed by atoms with Crippen LogP contribution in [0.3, 0.4) is 0 Å². The summed E-state index contributed by atoms with van der Waals surface area (Å²) in [6, 6.07) is 2.40. The fraction of sp³-hybridized carbons (Fsp3) is 0.654. The van der Waals surface area contributed by atoms with Crippen molar-refractivity contribution in [3.05, 3.63) is 53.4 Å². The number of urea groups is 1. The number of morpholine rings is 1. The Hall–Kier alpha value is -5.31. The zero-order valence-corrected chi connectivity index (χ0v) is 42.8. The molecule has 72 heavy (non-hydrogen) atoms. The predicted molar refractivity (Wildman–Crippen MR) is 265 cm³/mol. The van der Waals surface area contributed by atoms with Gasteiger partial charge in [-0.05, 0) is 87.1 Å². The van der Waals surface area contributed by atoms with Crippen molar-refractivity contribution in [2.45, 2.75) is 128 Å². The summed E-state index contributed by atoms with van der Waals surface area (Å²) in [7, 11) is 3.14. The number of nitrogens with zero attached hydrogens (tertiary/aromatic N) is 7. The van der Waals surface area contributed by atoms with Crippen molar-refractivity contribution in [1.29, 1.82) is 0 Å². The number of aliphatic imine (C=N–C) groups is 1. The minimum atomic E-state index is -4.54. The zero-order chi connectivity index (χ0) is 51.9. The van der Waals surface area contributed by atoms with Gasteiger partial charge in [0.05, 0.1) is 42.9 Å². The average molecular weight is 1010 g/mol. The van der Waals surface area contributed by atoms with Crippen LogP contribution in [-0.2, 0) is 46.4 Å². The lowest BCUT2D eigenvalue weighted by Gasteiger charge is -2.47. The Morgan fingerprint density at radius 1 is 1.07 bits per heavy atom. The van der Waals surface area contributed by atoms with Crippen molar-refractivity contribution in [2.24, 2.45) is 16.3 Å². The number of benzene rings is 1. The van der Waals surface area contributed by atoms with E-state index in [0.29, 0.717) is 112 Å². The van der Waals surface area contributed by atoms with Crippen LogP contribution in [0.15, 0.2) is 41.5 Å². The highest BCUT2D eigenvalue weighted by Crippen LogP contribution is 2.43. The van der Waals surface area contributed by atoms with E-state index in [-0.39, 0.29) is 49.9 Å². The molecule has 1 aromatic carbocycles. The number of nitrogens with one attached hydrogen (secondary N) is 2. The van der Waals surface area contributed by atoms with Gasteiger partial charge in [0.25, 0.3) is 5.91 Å². The molecule has 1 aromatic heterocycles. The number of hydrogen-bond acceptors (Lipinski definition) is 11. The maximum absolute atomic E-state index is 14.7. The van der Waals surface area contributed by atoms with Gasteiger partial charge in [0.1, 0.15) is 24.7 Å². The monoisotopic (exact) mass is 1010 g/mol. The quantitative estimate of drug-likeness (QED) is 0.249. The highest BCUT2D eigenvalue weighted by molar-refractivity contribution is 5.94. The van der Waals surface area contributed by atoms with E-state index in [1.54, 1.807) is 36.2 Å². The Kier molecular flexibility index (Phi) is 15.7. The molecule has 7 aliphatic heterocycles. The fourth-order valence-corrected chi connectivity index (χ4v) is 11.5. The number of halogens is 3. The third-order valence-corrected chi connectivity index (χ3v) is 15.4. The molecule has 2 N–H and O–H groups in total. The Morgan fingerprint density at radius 2 is 1.81 bits per heavy atom. The molecule has 20 heteroatoms. The second kappa shape index (κ2) is 21.3. The summed E-state index contributed by atoms with van der Waals surface area (Å²) in [6.45, 7) is 15.1. The van der Waals surface area contributed by atoms with E-state index in [0.717, 1.165) is 11.1 Å². The Morgan fingerprint density at radius 3 is 2.49 bits per heavy atom. The summed E-state index contributed by atoms with van der Waals surface area (Å²) in [5.41, 5.74) is 5.58. The molecule has 9 rings (SSSR count). The Labute approximate surface area is 420 Å². The molecule has 17 nitrogen and oxygen atoms in total. The summed E-state index contributed by atoms with van der Waals surface area (Å²) in [4.78, 5) is 81.4. The smallest absolute Gasteiger partial charge is 0.406 e. The number of likely N-dealkylation sites (N-methyl/N-ethyl adjacent to an activating group) is 1. The lowest BCUT2D eigenvalue weighted by Crippen LogP contribution is -2.65. The molecule has 2 aromatic rings. The van der Waals surface area contributed by atoms with Crippen LogP contribution in [0.5, 0.6) is 0 Å². The van der Waals surface area contributed by atoms with Crippen LogP contribution in [0.25, 0.3) is 16.5 Å². The summed E-state index contributed by atoms with van der Waals surface area (Å²) < 4.78 is 63.3. The SMILES string of the molecule is C=CC(=O)N1CCOC2(CCN(C(=O)N(C)[C@H](C(=O)N[C@H]3CN4CC(C4)c4ccc5c(c4)c(c(C4=C([C@H](C)OC)N=CCC4)n5CC(F)(F)F)CC(C)(C)COC(=O)[C@@H]4CCCN(N4)C3=O)C(C)C)CC2)C1. The van der Waals surface area contributed by atoms with Crippen LogP contribution in [0.2, 0.25) is 0 Å². The molecular weight excluding hydrogens is 936 g/mol. The molecule has 1 spiro atoms. The van der Waals surface area contributed by atoms with E-state index < -0.39 is 65.8 Å². The summed E-state index contributed by atoms with van der Waals surface area (Å²) in [5, 5.41) is 5.10. The lowest BCUT2D eigenvalue weighted by atomic mass is 9.82. The van der Waals surface area contributed by atoms with Gasteiger partial charge in [-0.2, -0.15) is 13.2 Å². The molecular formula is C52H72F3N9O8. The molecule has 0 radical (unpaired) electrons. The topological polar surface area (TPSA) is 171 Å². The molecule has 0 unspecified atom stereocenters. The highest BCUT2D eigenvalue weighted by Gasteiger charge is 2.45. The minimum absolute atomic E-state index is 0.0311. The lowest BCUT2D eigenvalue weighted by molar-refractivity contribution is -0.156. The van der Waals surface area contributed by atoms with Gasteiger partial charge < -0.3 is 38.8 Å². The summed E-state index contributed by atoms with van der Waals surface area (Å²) >= 11 is 0. The van der Waals surface area contributed by atoms with Crippen LogP contribution in [0.1, 0.15) is 95.9 Å². The highest BCUT2D eigenvalue weighted by atomic mass is 19.4. The van der Waals surface area contributed by atoms with Gasteiger partial charge in [-0.15, -0.1) is 0 Å². The largest absolute Gasteiger partial charge is 0.464 e. The number of ether oxygens (including phenoxy) is 3. The normalized spacial score (nSPS) is 25.7. The third-order valence-electron chi connectivity index (χ3n) is 15.4. The van der Waals surface area contributed by atoms with Gasteiger partial charge in [0.15, 0.2) is 0 Å². The molecule has 394 valence electrons. The van der Waals surface area contributed by atoms with Crippen LogP contribution in [0, 0.1) is 11.3 Å². The van der Waals surface area contributed by atoms with E-state index in [9.17, 15) is 37.1 Å². The van der Waals surface area contributed by atoms with Gasteiger partial charge in [0, 0.05) is 94.0 Å². The number of piperidine rings is 1. The van der Waals surface area contributed by atoms with Crippen molar-refractivity contribution < 1.29 is 51.4 Å². The summed E-state index contributed by atoms with van der Waals surface area (Å²) in [6.07, 6.45) is 1.24. The van der Waals surface area contributed by atoms with E-state index >= 15 is 0 Å². The number of alkyl halides is 3. The first-order valence-corrected chi connectivity index (χ1v) is 25.5. The number of fused-ring (bicyclic) bond motifs is 6. The van der Waals surface area contributed by atoms with Crippen LogP contribution in [-0.4, -0.2) is 181 Å². The summed E-state index contributed by atoms with van der Waals surface area (Å²) in [5.74, 6) is -2.05. The number of hydrazine groups is 1. The average Bonchev–Trinajstić information content (AvgIpc) is 3.61. The zero-order valence-electron chi connectivity index (χ0n) is 42.8. The van der Waals surface area contributed by atoms with Gasteiger partial charge in [0.2, 0.25) is 11.8 Å². The van der Waals surface area contributed by atoms with Crippen molar-refractivity contribution in [2.75, 3.05) is 79.7 Å². The second-order valence-electron chi connectivity index (χ2n) is 21.7. The maximum Gasteiger partial charge on any atom is 0.406 e. The standard InChI is InChI=1S/C52H72F3N9O8/c1-9-42(65)62-22-23-72-51(29-62)16-20-61(21-17-51)49(69)59(7)44(32(2)3)46(66)57-40-28-60-26-35(27-60)34-14-15-41-37(24-34)38(25-50(5,6)31-71-48(68)39-13-11-19-64(58-39)47(40)67)45(63(41)30-52(53,54)55)36-12-10-18-56-43(36)33(4)70-8/h9,14-15,18,24,32-33,35,39-40,44,58H,1,10-13,16-17,19-23,25-31H2,2-8H3,(H,57,66)/t33-,39-,40-,44-/m0/s1. The molecule has 6 bridgehead atoms. The van der Waals surface area contributed by atoms with Crippen LogP contribution >= 0.6 is 0 Å². The third kappa shape index (κ3) is 11.3. The molecule has 4 atom stereocenters. The molecule has 0 saturated carbocycles. The number of aromatic nitrogens is 1. The Bertz CT molecular complexity index is 2470. The second-order valence-corrected chi connectivity index (χ2v) is 21.7. The number of likely N-dealkylation sites (tertiary alicyclic amines) is 1. The van der Waals surface area contributed by atoms with Crippen molar-refractivity contribution in [3.63, 3.8) is 0 Å². The van der Waals surface area contributed by atoms with E-state index in [1.165, 1.54) is 20.6 Å². The molecule has 7 aliphatic rings. The van der Waals surface area contributed by atoms with Crippen LogP contribution in [0.4, 0.5) is 18.0 Å². The van der Waals surface area contributed by atoms with E-state index in [1.807, 2.05) is 46.8 Å². The van der Waals surface area contributed by atoms with Crippen molar-refractivity contribution >= 4 is 52.4 Å². The maximum atomic E-state index is 14.7. The molecule has 4 saturated heterocycles. The minimum Gasteiger partial charge on any atom is -0.464 e. The first-order valence-electron chi connectivity index (χ1n) is 25.5. The number of carbonyl (C=O) groups excluding carboxylic acids is 5. The van der Waals surface area contributed by atoms with Gasteiger partial charge in [-0.1, -0.05) is 40.3 Å². The number of hydrogen-bond donors (Lipinski definition) is 2. The first kappa shape index (κ1) is 53.0. The van der Waals surface area contributed by atoms with Gasteiger partial charge in [-0.25, -0.2) is 10.2 Å². The van der Waals surface area contributed by atoms with Gasteiger partial charge in [-0.3, -0.25) is 34.1 Å². The number of rotatable bonds is 9. The molecule has 4 fully saturated rings.